The van der Waals surface area contributed by atoms with Crippen molar-refractivity contribution in [1.29, 1.82) is 0 Å². The summed E-state index contributed by atoms with van der Waals surface area (Å²) < 4.78 is 11.7. The van der Waals surface area contributed by atoms with Crippen molar-refractivity contribution in [3.8, 4) is 0 Å². The van der Waals surface area contributed by atoms with Crippen LogP contribution >= 0.6 is 0 Å². The van der Waals surface area contributed by atoms with Gasteiger partial charge in [0.1, 0.15) is 0 Å². The summed E-state index contributed by atoms with van der Waals surface area (Å²) in [7, 11) is -0.959. The summed E-state index contributed by atoms with van der Waals surface area (Å²) in [6, 6.07) is 9.48. The van der Waals surface area contributed by atoms with Gasteiger partial charge in [0.25, 0.3) is 0 Å². The van der Waals surface area contributed by atoms with Crippen LogP contribution in [0.4, 0.5) is 0 Å². The summed E-state index contributed by atoms with van der Waals surface area (Å²) in [6.07, 6.45) is 1.89. The third-order valence-electron chi connectivity index (χ3n) is 2.89. The van der Waals surface area contributed by atoms with E-state index in [4.69, 9.17) is 5.73 Å². The second-order valence-electron chi connectivity index (χ2n) is 4.59. The second kappa shape index (κ2) is 8.40. The lowest BCUT2D eigenvalue weighted by atomic mass is 10.0. The molecule has 0 aliphatic rings. The van der Waals surface area contributed by atoms with Crippen LogP contribution in [0.1, 0.15) is 25.3 Å². The predicted octanol–water partition coefficient (Wildman–Crippen LogP) is 1.47. The Morgan fingerprint density at radius 2 is 2.00 bits per heavy atom. The highest BCUT2D eigenvalue weighted by Gasteiger charge is 2.17. The zero-order chi connectivity index (χ0) is 13.4. The molecule has 0 radical (unpaired) electrons. The second-order valence-corrected chi connectivity index (χ2v) is 6.21. The summed E-state index contributed by atoms with van der Waals surface area (Å²) >= 11 is 0. The molecule has 0 bridgehead atoms. The van der Waals surface area contributed by atoms with E-state index >= 15 is 0 Å². The number of aliphatic hydroxyl groups is 1. The Hall–Kier alpha value is -0.710. The predicted molar refractivity (Wildman–Crippen MR) is 76.9 cm³/mol. The van der Waals surface area contributed by atoms with Gasteiger partial charge < -0.3 is 10.8 Å². The van der Waals surface area contributed by atoms with Gasteiger partial charge in [-0.05, 0) is 18.4 Å². The zero-order valence-corrected chi connectivity index (χ0v) is 11.7. The lowest BCUT2D eigenvalue weighted by molar-refractivity contribution is 0.166. The van der Waals surface area contributed by atoms with Gasteiger partial charge in [0, 0.05) is 22.6 Å². The van der Waals surface area contributed by atoms with E-state index in [1.54, 1.807) is 0 Å². The average Bonchev–Trinajstić information content (AvgIpc) is 2.37. The Balaban J connectivity index is 2.37. The van der Waals surface area contributed by atoms with Crippen molar-refractivity contribution in [2.24, 2.45) is 5.73 Å². The van der Waals surface area contributed by atoms with E-state index in [0.29, 0.717) is 12.2 Å². The van der Waals surface area contributed by atoms with Crippen LogP contribution in [0.3, 0.4) is 0 Å². The van der Waals surface area contributed by atoms with Gasteiger partial charge in [-0.2, -0.15) is 0 Å². The van der Waals surface area contributed by atoms with Crippen LogP contribution in [0.15, 0.2) is 30.3 Å². The van der Waals surface area contributed by atoms with Crippen LogP contribution in [0.5, 0.6) is 0 Å². The number of nitrogens with two attached hydrogens (primary N) is 1. The molecule has 0 spiro atoms. The minimum atomic E-state index is -0.959. The molecule has 0 saturated heterocycles. The summed E-state index contributed by atoms with van der Waals surface area (Å²) in [5, 5.41) is 9.93. The van der Waals surface area contributed by atoms with Crippen LogP contribution < -0.4 is 5.73 Å². The van der Waals surface area contributed by atoms with E-state index < -0.39 is 16.9 Å². The molecule has 18 heavy (non-hydrogen) atoms. The molecular formula is C14H23NO2S. The minimum Gasteiger partial charge on any atom is -0.391 e. The smallest absolute Gasteiger partial charge is 0.0809 e. The summed E-state index contributed by atoms with van der Waals surface area (Å²) in [6.45, 7) is 2.06. The third kappa shape index (κ3) is 5.76. The fourth-order valence-electron chi connectivity index (χ4n) is 1.73. The lowest BCUT2D eigenvalue weighted by Crippen LogP contribution is -2.40. The van der Waals surface area contributed by atoms with Crippen LogP contribution in [-0.4, -0.2) is 33.0 Å². The fraction of sp³-hybridized carbons (Fsp3) is 0.571. The van der Waals surface area contributed by atoms with Crippen molar-refractivity contribution in [3.05, 3.63) is 35.9 Å². The Morgan fingerprint density at radius 3 is 2.61 bits per heavy atom. The van der Waals surface area contributed by atoms with Crippen LogP contribution in [0.2, 0.25) is 0 Å². The average molecular weight is 269 g/mol. The van der Waals surface area contributed by atoms with Crippen LogP contribution in [-0.2, 0) is 17.2 Å². The lowest BCUT2D eigenvalue weighted by Gasteiger charge is -2.18. The molecule has 0 aliphatic heterocycles. The highest BCUT2D eigenvalue weighted by molar-refractivity contribution is 7.85. The molecule has 1 aromatic carbocycles. The molecule has 3 atom stereocenters. The van der Waals surface area contributed by atoms with Gasteiger partial charge in [0.15, 0.2) is 0 Å². The quantitative estimate of drug-likeness (QED) is 0.751. The first-order valence-electron chi connectivity index (χ1n) is 6.46. The molecule has 1 aromatic rings. The Morgan fingerprint density at radius 1 is 1.33 bits per heavy atom. The van der Waals surface area contributed by atoms with Crippen LogP contribution in [0.25, 0.3) is 0 Å². The molecule has 0 heterocycles. The summed E-state index contributed by atoms with van der Waals surface area (Å²) in [4.78, 5) is 0. The molecule has 3 N–H and O–H groups in total. The van der Waals surface area contributed by atoms with Gasteiger partial charge >= 0.3 is 0 Å². The molecule has 0 fully saturated rings. The van der Waals surface area contributed by atoms with Crippen molar-refractivity contribution < 1.29 is 9.32 Å². The first-order valence-corrected chi connectivity index (χ1v) is 7.94. The number of aliphatic hydroxyl groups excluding tert-OH is 1. The summed E-state index contributed by atoms with van der Waals surface area (Å²) in [5.41, 5.74) is 7.04. The molecule has 0 amide bonds. The van der Waals surface area contributed by atoms with Crippen LogP contribution in [0, 0.1) is 0 Å². The number of hydrogen-bond acceptors (Lipinski definition) is 3. The molecular weight excluding hydrogens is 246 g/mol. The van der Waals surface area contributed by atoms with Gasteiger partial charge in [-0.25, -0.2) is 0 Å². The number of rotatable bonds is 8. The number of hydrogen-bond donors (Lipinski definition) is 2. The van der Waals surface area contributed by atoms with Crippen molar-refractivity contribution in [3.63, 3.8) is 0 Å². The highest BCUT2D eigenvalue weighted by atomic mass is 32.2. The van der Waals surface area contributed by atoms with E-state index in [1.807, 2.05) is 30.3 Å². The molecule has 0 aliphatic carbocycles. The maximum Gasteiger partial charge on any atom is 0.0809 e. The highest BCUT2D eigenvalue weighted by Crippen LogP contribution is 2.06. The first-order chi connectivity index (χ1) is 8.63. The molecule has 4 heteroatoms. The van der Waals surface area contributed by atoms with E-state index in [9.17, 15) is 9.32 Å². The van der Waals surface area contributed by atoms with Gasteiger partial charge in [-0.1, -0.05) is 43.7 Å². The van der Waals surface area contributed by atoms with E-state index in [-0.39, 0.29) is 11.8 Å². The molecule has 1 rings (SSSR count). The molecule has 102 valence electrons. The topological polar surface area (TPSA) is 63.3 Å². The fourth-order valence-corrected chi connectivity index (χ4v) is 3.13. The first kappa shape index (κ1) is 15.3. The number of unbranched alkanes of at least 4 members (excludes halogenated alkanes) is 1. The van der Waals surface area contributed by atoms with Crippen molar-refractivity contribution >= 4 is 10.8 Å². The van der Waals surface area contributed by atoms with Crippen molar-refractivity contribution in [1.82, 2.24) is 0 Å². The van der Waals surface area contributed by atoms with Gasteiger partial charge in [-0.3, -0.25) is 4.21 Å². The SMILES string of the molecule is CCCCS(=O)CC(O)C(N)Cc1ccccc1. The van der Waals surface area contributed by atoms with E-state index in [2.05, 4.69) is 6.92 Å². The zero-order valence-electron chi connectivity index (χ0n) is 10.9. The maximum absolute atomic E-state index is 11.7. The van der Waals surface area contributed by atoms with Crippen molar-refractivity contribution in [2.75, 3.05) is 11.5 Å². The Labute approximate surface area is 112 Å². The Kier molecular flexibility index (Phi) is 7.16. The molecule has 3 unspecified atom stereocenters. The van der Waals surface area contributed by atoms with E-state index in [0.717, 1.165) is 18.4 Å². The van der Waals surface area contributed by atoms with E-state index in [1.165, 1.54) is 0 Å². The van der Waals surface area contributed by atoms with Gasteiger partial charge in [0.05, 0.1) is 11.9 Å². The molecule has 0 saturated carbocycles. The summed E-state index contributed by atoms with van der Waals surface area (Å²) in [5.74, 6) is 0.944. The largest absolute Gasteiger partial charge is 0.391 e. The monoisotopic (exact) mass is 269 g/mol. The van der Waals surface area contributed by atoms with Gasteiger partial charge in [-0.15, -0.1) is 0 Å². The van der Waals surface area contributed by atoms with Gasteiger partial charge in [0.2, 0.25) is 0 Å². The minimum absolute atomic E-state index is 0.286. The van der Waals surface area contributed by atoms with Crippen molar-refractivity contribution in [2.45, 2.75) is 38.3 Å². The Bertz CT molecular complexity index is 356. The third-order valence-corrected chi connectivity index (χ3v) is 4.35. The normalized spacial score (nSPS) is 16.2. The molecule has 0 aromatic heterocycles. The molecule has 3 nitrogen and oxygen atoms in total. The maximum atomic E-state index is 11.7. The number of benzene rings is 1. The standard InChI is InChI=1S/C14H23NO2S/c1-2-3-9-18(17)11-14(16)13(15)10-12-7-5-4-6-8-12/h4-8,13-14,16H,2-3,9-11,15H2,1H3.